The summed E-state index contributed by atoms with van der Waals surface area (Å²) >= 11 is 53.7. The molecule has 32 nitrogen and oxygen atoms in total. The predicted octanol–water partition coefficient (Wildman–Crippen LogP) is 14.4. The van der Waals surface area contributed by atoms with Crippen LogP contribution in [0.1, 0.15) is 122 Å². The third kappa shape index (κ3) is 16.8. The molecule has 0 saturated carbocycles. The molecule has 8 aromatic rings. The first kappa shape index (κ1) is 80.2. The SMILES string of the molecule is CC(C)=O.CC(C)=O.CCCO.CCCO.O=[N+]([O-])c1c2[n-]c(c1[N+](=O)[O-])[C+](c1c(Cl)cccc1Cl)c1[n-]c(c([N+](=O)[O-])c1[N+](=O)[O-])[C+](c1c(Cl)cccc1Cl)c1[n-]c(c([N+](=O)[O-])c1[N+](=O)[O-])[C+](c1c(Cl)cccc1Cl)c1[n-]c(c([N+](=O)[O-])c1[N+](=O)[O-])[C+]2c1c(Cl)cccc1Cl.[Fe]. The van der Waals surface area contributed by atoms with E-state index in [2.05, 4.69) is 19.9 Å². The van der Waals surface area contributed by atoms with E-state index in [9.17, 15) is 90.5 Å². The molecule has 4 aromatic heterocycles. The van der Waals surface area contributed by atoms with Gasteiger partial charge in [-0.25, -0.2) is 0 Å². The van der Waals surface area contributed by atoms with Crippen LogP contribution >= 0.6 is 92.8 Å². The van der Waals surface area contributed by atoms with Crippen molar-refractivity contribution in [1.29, 1.82) is 0 Å². The Bertz CT molecular complexity index is 3670. The van der Waals surface area contributed by atoms with Crippen molar-refractivity contribution in [3.63, 3.8) is 0 Å². The molecule has 2 N–H and O–H groups in total. The summed E-state index contributed by atoms with van der Waals surface area (Å²) < 4.78 is 0. The molecule has 0 spiro atoms. The first-order chi connectivity index (χ1) is 45.0. The minimum atomic E-state index is -1.83. The number of aliphatic hydroxyl groups excluding tert-OH is 2. The van der Waals surface area contributed by atoms with E-state index in [0.29, 0.717) is 13.2 Å². The molecule has 97 heavy (non-hydrogen) atoms. The Morgan fingerprint density at radius 1 is 0.330 bits per heavy atom. The third-order valence-electron chi connectivity index (χ3n) is 12.2. The van der Waals surface area contributed by atoms with Gasteiger partial charge in [-0.2, -0.15) is 0 Å². The van der Waals surface area contributed by atoms with E-state index in [1.54, 1.807) is 0 Å². The summed E-state index contributed by atoms with van der Waals surface area (Å²) in [6.07, 6.45) is 1.75. The Labute approximate surface area is 595 Å². The van der Waals surface area contributed by atoms with Crippen LogP contribution in [0.3, 0.4) is 0 Å². The van der Waals surface area contributed by atoms with Gasteiger partial charge in [-0.3, -0.25) is 80.9 Å². The minimum absolute atomic E-state index is 0. The van der Waals surface area contributed by atoms with Gasteiger partial charge in [0.25, 0.3) is 0 Å². The van der Waals surface area contributed by atoms with Crippen LogP contribution in [0.15, 0.2) is 72.8 Å². The van der Waals surface area contributed by atoms with Crippen LogP contribution in [0, 0.1) is 105 Å². The largest absolute Gasteiger partial charge is 0.616 e. The van der Waals surface area contributed by atoms with E-state index in [0.717, 1.165) is 85.6 Å². The van der Waals surface area contributed by atoms with Crippen molar-refractivity contribution in [3.05, 3.63) is 285 Å². The number of ketones is 2. The van der Waals surface area contributed by atoms with Crippen LogP contribution in [0.2, 0.25) is 40.2 Å². The number of carbonyl (C=O) groups is 2. The number of aliphatic hydroxyl groups is 2. The molecule has 1 aliphatic heterocycles. The molecule has 0 radical (unpaired) electrons. The van der Waals surface area contributed by atoms with Gasteiger partial charge in [0.2, 0.25) is 0 Å². The Balaban J connectivity index is 0.00000106. The van der Waals surface area contributed by atoms with Crippen LogP contribution in [0.25, 0.3) is 0 Å². The van der Waals surface area contributed by atoms with Crippen LogP contribution in [-0.4, -0.2) is 74.4 Å². The summed E-state index contributed by atoms with van der Waals surface area (Å²) in [5.74, 6) is -4.77. The quantitative estimate of drug-likeness (QED) is 0.0442. The molecule has 0 atom stereocenters. The Hall–Kier alpha value is -9.22. The van der Waals surface area contributed by atoms with Crippen LogP contribution in [0.4, 0.5) is 45.5 Å². The van der Waals surface area contributed by atoms with Crippen molar-refractivity contribution in [2.45, 2.75) is 54.4 Å². The first-order valence-corrected chi connectivity index (χ1v) is 29.5. The van der Waals surface area contributed by atoms with Crippen molar-refractivity contribution in [3.8, 4) is 0 Å². The van der Waals surface area contributed by atoms with E-state index in [-0.39, 0.29) is 28.6 Å². The number of hydrogen-bond donors (Lipinski definition) is 2. The number of rotatable bonds is 14. The molecule has 8 bridgehead atoms. The summed E-state index contributed by atoms with van der Waals surface area (Å²) in [6.45, 7) is 10.6. The standard InChI is InChI=1S/C44H12Cl8N12O16.2C3H6O.2C3H8O.Fe/c45-13-5-1-6-14(46)21(13)25-29-37(57(65)66)39(59(69)70)31(53-29)26(22-15(47)7-2-8-16(22)48)33-41(61(73)74)43(63(77)78)35(55-33)28(24-19(51)11-4-12-20(24)52)36-44(64(79)80)42(62(75)76)34(56-36)27(23-17(49)9-3-10-18(23)50)32-40(60(71)72)38(58(67)68)30(25)54-32;2*1-3(2)4;2*1-2-3-4;/h1-12H;2*1-2H3;2*4H,2-3H2,1H3;. The topological polar surface area (TPSA) is 476 Å². The minimum Gasteiger partial charge on any atom is -0.616 e. The molecule has 5 heterocycles. The smallest absolute Gasteiger partial charge is 0.416 e. The molecule has 41 heteroatoms. The maximum atomic E-state index is 13.7. The van der Waals surface area contributed by atoms with E-state index >= 15 is 0 Å². The zero-order chi connectivity index (χ0) is 72.4. The maximum absolute atomic E-state index is 13.7. The average molecular weight is 1540 g/mol. The second-order valence-electron chi connectivity index (χ2n) is 19.2. The number of carbonyl (C=O) groups excluding carboxylic acids is 2. The van der Waals surface area contributed by atoms with Gasteiger partial charge in [0.05, 0.1) is 0 Å². The fourth-order valence-electron chi connectivity index (χ4n) is 8.89. The molecular formula is C56H40Cl8FeN12O20. The molecule has 0 unspecified atom stereocenters. The molecule has 0 aliphatic carbocycles. The predicted molar refractivity (Wildman–Crippen MR) is 348 cm³/mol. The van der Waals surface area contributed by atoms with Crippen molar-refractivity contribution in [1.82, 2.24) is 19.9 Å². The number of fused-ring (bicyclic) bond motifs is 8. The number of hydrogen-bond acceptors (Lipinski definition) is 20. The van der Waals surface area contributed by atoms with Crippen LogP contribution in [0.5, 0.6) is 0 Å². The van der Waals surface area contributed by atoms with Gasteiger partial charge in [0.1, 0.15) is 113 Å². The fourth-order valence-corrected chi connectivity index (χ4v) is 11.2. The van der Waals surface area contributed by atoms with Crippen molar-refractivity contribution in [2.75, 3.05) is 13.2 Å². The molecule has 4 aromatic carbocycles. The molecule has 1 aliphatic rings. The van der Waals surface area contributed by atoms with Crippen LogP contribution in [-0.2, 0) is 26.7 Å². The molecule has 0 fully saturated rings. The summed E-state index contributed by atoms with van der Waals surface area (Å²) in [4.78, 5) is 133. The van der Waals surface area contributed by atoms with Crippen LogP contribution < -0.4 is 19.9 Å². The Morgan fingerprint density at radius 2 is 0.433 bits per heavy atom. The maximum Gasteiger partial charge on any atom is 0.416 e. The zero-order valence-corrected chi connectivity index (χ0v) is 56.9. The molecular weight excluding hydrogens is 1500 g/mol. The molecule has 508 valence electrons. The van der Waals surface area contributed by atoms with E-state index in [1.165, 1.54) is 27.7 Å². The third-order valence-corrected chi connectivity index (χ3v) is 14.8. The van der Waals surface area contributed by atoms with Gasteiger partial charge in [0, 0.05) is 99.5 Å². The Morgan fingerprint density at radius 3 is 0.515 bits per heavy atom. The van der Waals surface area contributed by atoms with Gasteiger partial charge < -0.3 is 39.7 Å². The number of halogens is 8. The number of nitrogens with zero attached hydrogens (tertiary/aromatic N) is 12. The number of nitro groups is 8. The molecule has 9 rings (SSSR count). The van der Waals surface area contributed by atoms with E-state index in [1.807, 2.05) is 13.8 Å². The number of aromatic nitrogens is 4. The molecule has 0 saturated heterocycles. The van der Waals surface area contributed by atoms with Gasteiger partial charge in [-0.15, -0.1) is 0 Å². The van der Waals surface area contributed by atoms with Crippen molar-refractivity contribution in [2.24, 2.45) is 0 Å². The second kappa shape index (κ2) is 34.1. The zero-order valence-electron chi connectivity index (χ0n) is 49.7. The number of Topliss-reactive ketones (excluding diaryl/α,β-unsaturated/α-hetero) is 2. The van der Waals surface area contributed by atoms with Crippen molar-refractivity contribution >= 4 is 150 Å². The van der Waals surface area contributed by atoms with E-state index < -0.39 is 217 Å². The molecule has 0 amide bonds. The monoisotopic (exact) mass is 1540 g/mol. The second-order valence-corrected chi connectivity index (χ2v) is 22.5. The van der Waals surface area contributed by atoms with Gasteiger partial charge in [-0.1, -0.05) is 13.8 Å². The summed E-state index contributed by atoms with van der Waals surface area (Å²) in [5.41, 5.74) is -29.8. The van der Waals surface area contributed by atoms with Gasteiger partial charge in [0.15, 0.2) is 0 Å². The first-order valence-electron chi connectivity index (χ1n) is 26.4. The summed E-state index contributed by atoms with van der Waals surface area (Å²) in [7, 11) is 0. The van der Waals surface area contributed by atoms with Gasteiger partial charge in [-0.05, 0) is 206 Å². The normalized spacial score (nSPS) is 11.2. The van der Waals surface area contributed by atoms with Gasteiger partial charge >= 0.3 is 45.5 Å². The van der Waals surface area contributed by atoms with E-state index in [4.69, 9.17) is 103 Å². The summed E-state index contributed by atoms with van der Waals surface area (Å²) in [6, 6.07) is 12.6. The summed E-state index contributed by atoms with van der Waals surface area (Å²) in [5, 5.41) is 120. The van der Waals surface area contributed by atoms with Crippen molar-refractivity contribution < 1.29 is 76.3 Å². The fraction of sp³-hybridized carbons (Fsp3) is 0.179. The Kier molecular flexibility index (Phi) is 28.2. The average Bonchev–Trinajstić information content (AvgIpc) is 1.56. The number of benzene rings is 4.